The molecule has 2 N–H and O–H groups in total. The number of carboxylic acids is 1. The van der Waals surface area contributed by atoms with Gasteiger partial charge in [-0.1, -0.05) is 30.3 Å². The minimum absolute atomic E-state index is 0.0893. The van der Waals surface area contributed by atoms with E-state index in [0.29, 0.717) is 24.5 Å². The lowest BCUT2D eigenvalue weighted by atomic mass is 9.85. The van der Waals surface area contributed by atoms with Crippen molar-refractivity contribution in [1.29, 1.82) is 0 Å². The van der Waals surface area contributed by atoms with Crippen molar-refractivity contribution in [2.75, 3.05) is 18.0 Å². The van der Waals surface area contributed by atoms with E-state index in [4.69, 9.17) is 0 Å². The number of hydrogen-bond donors (Lipinski definition) is 2. The second kappa shape index (κ2) is 5.94. The smallest absolute Gasteiger partial charge is 0.339 e. The van der Waals surface area contributed by atoms with Gasteiger partial charge in [0, 0.05) is 25.1 Å². The zero-order chi connectivity index (χ0) is 18.3. The molecule has 2 amide bonds. The van der Waals surface area contributed by atoms with Crippen LogP contribution < -0.4 is 10.2 Å². The van der Waals surface area contributed by atoms with Gasteiger partial charge in [0.15, 0.2) is 0 Å². The molecular formula is C19H17N3O4. The normalized spacial score (nSPS) is 22.1. The van der Waals surface area contributed by atoms with Gasteiger partial charge in [0.25, 0.3) is 0 Å². The van der Waals surface area contributed by atoms with Crippen molar-refractivity contribution >= 4 is 23.6 Å². The minimum Gasteiger partial charge on any atom is -0.478 e. The lowest BCUT2D eigenvalue weighted by Gasteiger charge is -2.23. The first kappa shape index (κ1) is 16.3. The first-order chi connectivity index (χ1) is 12.5. The number of pyridine rings is 1. The van der Waals surface area contributed by atoms with Crippen molar-refractivity contribution in [3.8, 4) is 11.3 Å². The quantitative estimate of drug-likeness (QED) is 0.817. The third-order valence-electron chi connectivity index (χ3n) is 5.06. The average Bonchev–Trinajstić information content (AvgIpc) is 3.18. The van der Waals surface area contributed by atoms with E-state index in [1.54, 1.807) is 11.0 Å². The van der Waals surface area contributed by atoms with Gasteiger partial charge in [-0.3, -0.25) is 14.9 Å². The zero-order valence-electron chi connectivity index (χ0n) is 13.9. The number of aromatic nitrogens is 1. The second-order valence-corrected chi connectivity index (χ2v) is 6.74. The number of benzene rings is 1. The molecule has 1 spiro atoms. The molecule has 0 bridgehead atoms. The standard InChI is InChI=1S/C19H17N3O4/c23-15-10-19(18(26)21-15)8-9-22(11-19)16-13(17(24)25)6-7-14(20-16)12-4-2-1-3-5-12/h1-7H,8-11H2,(H,24,25)(H,21,23,26). The molecule has 26 heavy (non-hydrogen) atoms. The van der Waals surface area contributed by atoms with E-state index in [0.717, 1.165) is 5.56 Å². The summed E-state index contributed by atoms with van der Waals surface area (Å²) in [7, 11) is 0. The number of carboxylic acid groups (broad SMARTS) is 1. The number of amides is 2. The molecule has 0 radical (unpaired) electrons. The highest BCUT2D eigenvalue weighted by Crippen LogP contribution is 2.40. The Kier molecular flexibility index (Phi) is 3.72. The highest BCUT2D eigenvalue weighted by atomic mass is 16.4. The van der Waals surface area contributed by atoms with Crippen LogP contribution in [0.15, 0.2) is 42.5 Å². The van der Waals surface area contributed by atoms with Crippen molar-refractivity contribution < 1.29 is 19.5 Å². The molecule has 2 saturated heterocycles. The van der Waals surface area contributed by atoms with Crippen LogP contribution in [0.4, 0.5) is 5.82 Å². The number of nitrogens with one attached hydrogen (secondary N) is 1. The molecule has 3 heterocycles. The van der Waals surface area contributed by atoms with Crippen molar-refractivity contribution in [1.82, 2.24) is 10.3 Å². The third-order valence-corrected chi connectivity index (χ3v) is 5.06. The van der Waals surface area contributed by atoms with Gasteiger partial charge in [0.05, 0.1) is 11.1 Å². The minimum atomic E-state index is -1.07. The number of hydrogen-bond acceptors (Lipinski definition) is 5. The topological polar surface area (TPSA) is 99.6 Å². The predicted molar refractivity (Wildman–Crippen MR) is 93.7 cm³/mol. The highest BCUT2D eigenvalue weighted by Gasteiger charge is 2.51. The zero-order valence-corrected chi connectivity index (χ0v) is 13.9. The van der Waals surface area contributed by atoms with Gasteiger partial charge in [-0.05, 0) is 18.6 Å². The number of carbonyl (C=O) groups is 3. The molecular weight excluding hydrogens is 334 g/mol. The van der Waals surface area contributed by atoms with Crippen molar-refractivity contribution in [2.45, 2.75) is 12.8 Å². The van der Waals surface area contributed by atoms with E-state index in [2.05, 4.69) is 10.3 Å². The monoisotopic (exact) mass is 351 g/mol. The maximum absolute atomic E-state index is 12.2. The summed E-state index contributed by atoms with van der Waals surface area (Å²) in [4.78, 5) is 41.8. The Balaban J connectivity index is 1.72. The molecule has 0 aliphatic carbocycles. The number of imide groups is 1. The lowest BCUT2D eigenvalue weighted by Crippen LogP contribution is -2.35. The van der Waals surface area contributed by atoms with Crippen LogP contribution in [0.1, 0.15) is 23.2 Å². The molecule has 0 saturated carbocycles. The largest absolute Gasteiger partial charge is 0.478 e. The van der Waals surface area contributed by atoms with Crippen molar-refractivity contribution in [3.63, 3.8) is 0 Å². The van der Waals surface area contributed by atoms with Crippen LogP contribution in [-0.2, 0) is 9.59 Å². The van der Waals surface area contributed by atoms with Crippen LogP contribution in [0.5, 0.6) is 0 Å². The van der Waals surface area contributed by atoms with E-state index in [1.807, 2.05) is 30.3 Å². The van der Waals surface area contributed by atoms with Gasteiger partial charge < -0.3 is 10.0 Å². The summed E-state index contributed by atoms with van der Waals surface area (Å²) in [6.45, 7) is 0.766. The van der Waals surface area contributed by atoms with Gasteiger partial charge >= 0.3 is 5.97 Å². The van der Waals surface area contributed by atoms with Crippen LogP contribution >= 0.6 is 0 Å². The summed E-state index contributed by atoms with van der Waals surface area (Å²) < 4.78 is 0. The molecule has 2 aliphatic heterocycles. The summed E-state index contributed by atoms with van der Waals surface area (Å²) in [5.41, 5.74) is 0.857. The van der Waals surface area contributed by atoms with E-state index in [9.17, 15) is 19.5 Å². The third kappa shape index (κ3) is 2.61. The van der Waals surface area contributed by atoms with Gasteiger partial charge in [-0.15, -0.1) is 0 Å². The van der Waals surface area contributed by atoms with E-state index >= 15 is 0 Å². The maximum atomic E-state index is 12.2. The highest BCUT2D eigenvalue weighted by molar-refractivity contribution is 6.06. The van der Waals surface area contributed by atoms with E-state index in [1.165, 1.54) is 6.07 Å². The Morgan fingerprint density at radius 1 is 1.15 bits per heavy atom. The van der Waals surface area contributed by atoms with E-state index < -0.39 is 11.4 Å². The van der Waals surface area contributed by atoms with Crippen LogP contribution in [-0.4, -0.2) is 41.0 Å². The molecule has 1 unspecified atom stereocenters. The van der Waals surface area contributed by atoms with Gasteiger partial charge in [0.1, 0.15) is 11.4 Å². The Morgan fingerprint density at radius 2 is 1.92 bits per heavy atom. The number of anilines is 1. The Morgan fingerprint density at radius 3 is 2.58 bits per heavy atom. The summed E-state index contributed by atoms with van der Waals surface area (Å²) in [5, 5.41) is 11.9. The number of nitrogens with zero attached hydrogens (tertiary/aromatic N) is 2. The molecule has 2 fully saturated rings. The SMILES string of the molecule is O=C1CC2(CCN(c3nc(-c4ccccc4)ccc3C(=O)O)C2)C(=O)N1. The number of carbonyl (C=O) groups excluding carboxylic acids is 2. The van der Waals surface area contributed by atoms with Gasteiger partial charge in [0.2, 0.25) is 11.8 Å². The summed E-state index contributed by atoms with van der Waals surface area (Å²) in [6, 6.07) is 12.7. The van der Waals surface area contributed by atoms with Gasteiger partial charge in [-0.2, -0.15) is 0 Å². The van der Waals surface area contributed by atoms with Crippen molar-refractivity contribution in [3.05, 3.63) is 48.0 Å². The number of rotatable bonds is 3. The molecule has 1 aromatic heterocycles. The van der Waals surface area contributed by atoms with Crippen LogP contribution in [0.3, 0.4) is 0 Å². The molecule has 2 aliphatic rings. The first-order valence-corrected chi connectivity index (χ1v) is 8.37. The molecule has 7 nitrogen and oxygen atoms in total. The lowest BCUT2D eigenvalue weighted by molar-refractivity contribution is -0.128. The predicted octanol–water partition coefficient (Wildman–Crippen LogP) is 1.69. The van der Waals surface area contributed by atoms with Crippen LogP contribution in [0, 0.1) is 5.41 Å². The van der Waals surface area contributed by atoms with Crippen molar-refractivity contribution in [2.24, 2.45) is 5.41 Å². The fourth-order valence-corrected chi connectivity index (χ4v) is 3.70. The number of aromatic carboxylic acids is 1. The maximum Gasteiger partial charge on any atom is 0.339 e. The molecule has 1 atom stereocenters. The van der Waals surface area contributed by atoms with Crippen LogP contribution in [0.2, 0.25) is 0 Å². The molecule has 4 rings (SSSR count). The summed E-state index contributed by atoms with van der Waals surface area (Å²) in [6.07, 6.45) is 0.643. The fourth-order valence-electron chi connectivity index (χ4n) is 3.70. The van der Waals surface area contributed by atoms with E-state index in [-0.39, 0.29) is 30.3 Å². The van der Waals surface area contributed by atoms with Gasteiger partial charge in [-0.25, -0.2) is 9.78 Å². The van der Waals surface area contributed by atoms with Crippen LogP contribution in [0.25, 0.3) is 11.3 Å². The Bertz CT molecular complexity index is 912. The Labute approximate surface area is 149 Å². The summed E-state index contributed by atoms with van der Waals surface area (Å²) in [5.74, 6) is -1.29. The Hall–Kier alpha value is -3.22. The summed E-state index contributed by atoms with van der Waals surface area (Å²) >= 11 is 0. The first-order valence-electron chi connectivity index (χ1n) is 8.37. The second-order valence-electron chi connectivity index (χ2n) is 6.74. The molecule has 7 heteroatoms. The molecule has 132 valence electrons. The average molecular weight is 351 g/mol. The molecule has 1 aromatic carbocycles. The fraction of sp³-hybridized carbons (Fsp3) is 0.263. The molecule has 2 aromatic rings.